The Morgan fingerprint density at radius 2 is 1.70 bits per heavy atom. The zero-order chi connectivity index (χ0) is 25.2. The van der Waals surface area contributed by atoms with Gasteiger partial charge in [-0.25, -0.2) is 14.4 Å². The molecular formula is C28H24FN7O. The van der Waals surface area contributed by atoms with Crippen molar-refractivity contribution in [2.24, 2.45) is 0 Å². The minimum atomic E-state index is -0.340. The number of rotatable bonds is 5. The van der Waals surface area contributed by atoms with E-state index in [2.05, 4.69) is 41.3 Å². The first kappa shape index (κ1) is 22.7. The zero-order valence-corrected chi connectivity index (χ0v) is 19.9. The lowest BCUT2D eigenvalue weighted by molar-refractivity contribution is 0.102. The van der Waals surface area contributed by atoms with Crippen LogP contribution in [0.5, 0.6) is 0 Å². The number of fused-ring (bicyclic) bond motifs is 1. The first-order chi connectivity index (χ1) is 18.1. The van der Waals surface area contributed by atoms with Crippen LogP contribution in [-0.2, 0) is 0 Å². The summed E-state index contributed by atoms with van der Waals surface area (Å²) >= 11 is 0. The fourth-order valence-electron chi connectivity index (χ4n) is 4.64. The Hall–Kier alpha value is -4.79. The summed E-state index contributed by atoms with van der Waals surface area (Å²) in [6, 6.07) is 19.5. The molecule has 6 rings (SSSR count). The van der Waals surface area contributed by atoms with Gasteiger partial charge in [0.25, 0.3) is 5.91 Å². The summed E-state index contributed by atoms with van der Waals surface area (Å²) < 4.78 is 13.2. The third-order valence-corrected chi connectivity index (χ3v) is 6.60. The number of carbonyl (C=O) groups excluding carboxylic acids is 1. The molecule has 0 saturated carbocycles. The average Bonchev–Trinajstić information content (AvgIpc) is 3.49. The van der Waals surface area contributed by atoms with Crippen LogP contribution < -0.4 is 15.1 Å². The molecule has 0 atom stereocenters. The van der Waals surface area contributed by atoms with Gasteiger partial charge in [-0.2, -0.15) is 5.10 Å². The van der Waals surface area contributed by atoms with Crippen LogP contribution >= 0.6 is 0 Å². The maximum absolute atomic E-state index is 13.2. The molecule has 9 heteroatoms. The van der Waals surface area contributed by atoms with Crippen molar-refractivity contribution in [2.45, 2.75) is 0 Å². The van der Waals surface area contributed by atoms with E-state index in [0.29, 0.717) is 11.3 Å². The molecule has 2 N–H and O–H groups in total. The summed E-state index contributed by atoms with van der Waals surface area (Å²) in [5.41, 5.74) is 5.08. The van der Waals surface area contributed by atoms with Crippen molar-refractivity contribution >= 4 is 34.0 Å². The smallest absolute Gasteiger partial charge is 0.255 e. The van der Waals surface area contributed by atoms with Gasteiger partial charge < -0.3 is 15.1 Å². The van der Waals surface area contributed by atoms with Gasteiger partial charge in [-0.3, -0.25) is 9.89 Å². The number of halogens is 1. The fourth-order valence-corrected chi connectivity index (χ4v) is 4.64. The number of piperazine rings is 1. The van der Waals surface area contributed by atoms with Crippen molar-refractivity contribution < 1.29 is 9.18 Å². The minimum absolute atomic E-state index is 0.229. The highest BCUT2D eigenvalue weighted by Crippen LogP contribution is 2.29. The fraction of sp³-hybridized carbons (Fsp3) is 0.143. The molecule has 0 aliphatic carbocycles. The van der Waals surface area contributed by atoms with E-state index in [0.717, 1.165) is 59.7 Å². The molecule has 3 aromatic carbocycles. The molecule has 0 bridgehead atoms. The van der Waals surface area contributed by atoms with Gasteiger partial charge in [0, 0.05) is 60.3 Å². The summed E-state index contributed by atoms with van der Waals surface area (Å²) in [6.45, 7) is 3.15. The van der Waals surface area contributed by atoms with Gasteiger partial charge in [-0.1, -0.05) is 12.1 Å². The van der Waals surface area contributed by atoms with Gasteiger partial charge in [-0.15, -0.1) is 0 Å². The number of H-pyrrole nitrogens is 1. The summed E-state index contributed by atoms with van der Waals surface area (Å²) in [6.07, 6.45) is 5.29. The first-order valence-electron chi connectivity index (χ1n) is 12.0. The molecule has 1 fully saturated rings. The monoisotopic (exact) mass is 493 g/mol. The van der Waals surface area contributed by atoms with E-state index in [1.165, 1.54) is 12.1 Å². The Balaban J connectivity index is 1.17. The number of benzene rings is 3. The van der Waals surface area contributed by atoms with Crippen molar-refractivity contribution in [1.82, 2.24) is 20.2 Å². The number of hydrogen-bond donors (Lipinski definition) is 2. The molecule has 2 aromatic heterocycles. The van der Waals surface area contributed by atoms with Crippen LogP contribution in [0, 0.1) is 5.82 Å². The van der Waals surface area contributed by atoms with Gasteiger partial charge in [0.2, 0.25) is 0 Å². The van der Waals surface area contributed by atoms with E-state index in [1.807, 2.05) is 36.5 Å². The van der Waals surface area contributed by atoms with Gasteiger partial charge in [0.05, 0.1) is 11.7 Å². The van der Waals surface area contributed by atoms with Gasteiger partial charge >= 0.3 is 0 Å². The number of nitrogens with one attached hydrogen (secondary N) is 2. The molecule has 1 saturated heterocycles. The Kier molecular flexibility index (Phi) is 5.94. The largest absolute Gasteiger partial charge is 0.368 e. The third kappa shape index (κ3) is 4.71. The molecule has 0 radical (unpaired) electrons. The molecule has 3 heterocycles. The van der Waals surface area contributed by atoms with E-state index in [4.69, 9.17) is 0 Å². The maximum Gasteiger partial charge on any atom is 0.255 e. The van der Waals surface area contributed by atoms with E-state index in [-0.39, 0.29) is 11.7 Å². The normalized spacial score (nSPS) is 13.6. The van der Waals surface area contributed by atoms with E-state index >= 15 is 0 Å². The number of nitrogens with zero attached hydrogens (tertiary/aromatic N) is 5. The topological polar surface area (TPSA) is 90.0 Å². The van der Waals surface area contributed by atoms with Crippen LogP contribution in [0.15, 0.2) is 85.5 Å². The Morgan fingerprint density at radius 1 is 0.892 bits per heavy atom. The molecule has 37 heavy (non-hydrogen) atoms. The predicted octanol–water partition coefficient (Wildman–Crippen LogP) is 4.74. The van der Waals surface area contributed by atoms with Crippen LogP contribution in [-0.4, -0.2) is 52.3 Å². The van der Waals surface area contributed by atoms with Crippen LogP contribution in [0.4, 0.5) is 21.6 Å². The molecule has 184 valence electrons. The van der Waals surface area contributed by atoms with Crippen LogP contribution in [0.2, 0.25) is 0 Å². The van der Waals surface area contributed by atoms with Crippen LogP contribution in [0.1, 0.15) is 10.4 Å². The number of hydrogen-bond acceptors (Lipinski definition) is 6. The second-order valence-electron chi connectivity index (χ2n) is 8.90. The molecule has 0 spiro atoms. The van der Waals surface area contributed by atoms with Crippen LogP contribution in [0.3, 0.4) is 0 Å². The van der Waals surface area contributed by atoms with Crippen molar-refractivity contribution in [3.05, 3.63) is 96.8 Å². The van der Waals surface area contributed by atoms with Gasteiger partial charge in [0.15, 0.2) is 0 Å². The van der Waals surface area contributed by atoms with Crippen molar-refractivity contribution in [3.8, 4) is 11.1 Å². The Bertz CT molecular complexity index is 1550. The van der Waals surface area contributed by atoms with Crippen molar-refractivity contribution in [3.63, 3.8) is 0 Å². The second-order valence-corrected chi connectivity index (χ2v) is 8.90. The quantitative estimate of drug-likeness (QED) is 0.368. The highest BCUT2D eigenvalue weighted by atomic mass is 19.1. The predicted molar refractivity (Wildman–Crippen MR) is 142 cm³/mol. The van der Waals surface area contributed by atoms with Crippen molar-refractivity contribution in [2.75, 3.05) is 41.3 Å². The molecule has 1 amide bonds. The third-order valence-electron chi connectivity index (χ3n) is 6.60. The van der Waals surface area contributed by atoms with E-state index < -0.39 is 0 Å². The average molecular weight is 494 g/mol. The summed E-state index contributed by atoms with van der Waals surface area (Å²) in [7, 11) is 0. The summed E-state index contributed by atoms with van der Waals surface area (Å²) in [4.78, 5) is 26.4. The minimum Gasteiger partial charge on any atom is -0.368 e. The zero-order valence-electron chi connectivity index (χ0n) is 19.9. The van der Waals surface area contributed by atoms with E-state index in [9.17, 15) is 9.18 Å². The summed E-state index contributed by atoms with van der Waals surface area (Å²) in [5.74, 6) is 0.350. The molecule has 1 aliphatic heterocycles. The lowest BCUT2D eigenvalue weighted by atomic mass is 10.1. The summed E-state index contributed by atoms with van der Waals surface area (Å²) in [5, 5.41) is 10.8. The molecular weight excluding hydrogens is 469 g/mol. The first-order valence-corrected chi connectivity index (χ1v) is 12.0. The number of amides is 1. The highest BCUT2D eigenvalue weighted by molar-refractivity contribution is 6.04. The molecule has 8 nitrogen and oxygen atoms in total. The number of aromatic nitrogens is 4. The number of carbonyl (C=O) groups is 1. The maximum atomic E-state index is 13.2. The second kappa shape index (κ2) is 9.69. The Morgan fingerprint density at radius 3 is 2.49 bits per heavy atom. The standard InChI is InChI=1S/C28H24FN7O/c29-22-5-7-23(8-6-22)34-28(37)20-2-1-3-24(14-20)35-10-12-36(13-11-35)27-25-15-19(21-16-32-33-17-21)4-9-26(25)30-18-31-27/h1-9,14-18H,10-13H2,(H,32,33)(H,34,37). The van der Waals surface area contributed by atoms with E-state index in [1.54, 1.807) is 30.7 Å². The SMILES string of the molecule is O=C(Nc1ccc(F)cc1)c1cccc(N2CCN(c3ncnc4ccc(-c5cn[nH]c5)cc34)CC2)c1. The number of anilines is 3. The lowest BCUT2D eigenvalue weighted by Crippen LogP contribution is -2.47. The van der Waals surface area contributed by atoms with Gasteiger partial charge in [-0.05, 0) is 60.2 Å². The van der Waals surface area contributed by atoms with Crippen molar-refractivity contribution in [1.29, 1.82) is 0 Å². The van der Waals surface area contributed by atoms with Crippen LogP contribution in [0.25, 0.3) is 22.0 Å². The molecule has 0 unspecified atom stereocenters. The highest BCUT2D eigenvalue weighted by Gasteiger charge is 2.21. The number of aromatic amines is 1. The Labute approximate surface area is 212 Å². The molecule has 5 aromatic rings. The molecule has 1 aliphatic rings. The lowest BCUT2D eigenvalue weighted by Gasteiger charge is -2.37. The van der Waals surface area contributed by atoms with Gasteiger partial charge in [0.1, 0.15) is 18.0 Å².